The van der Waals surface area contributed by atoms with Crippen LogP contribution in [0, 0.1) is 17.8 Å². The van der Waals surface area contributed by atoms with Crippen molar-refractivity contribution in [3.8, 4) is 0 Å². The van der Waals surface area contributed by atoms with Crippen molar-refractivity contribution in [2.45, 2.75) is 330 Å². The molecule has 8 heterocycles. The monoisotopic (exact) mass is 1110 g/mol. The summed E-state index contributed by atoms with van der Waals surface area (Å²) in [5.74, 6) is -5.94. The van der Waals surface area contributed by atoms with E-state index in [0.717, 1.165) is 44.1 Å². The summed E-state index contributed by atoms with van der Waals surface area (Å²) in [6.07, 6.45) is 22.1. The molecule has 19 atom stereocenters. The number of carboxylic acid groups (broad SMARTS) is 1. The van der Waals surface area contributed by atoms with Crippen molar-refractivity contribution in [3.63, 3.8) is 0 Å². The van der Waals surface area contributed by atoms with Gasteiger partial charge < -0.3 is 63.1 Å². The quantitative estimate of drug-likeness (QED) is 0.0342. The summed E-state index contributed by atoms with van der Waals surface area (Å²) in [4.78, 5) is 39.1. The molecule has 0 aromatic rings. The molecule has 0 aromatic carbocycles. The first kappa shape index (κ1) is 62.7. The van der Waals surface area contributed by atoms with Gasteiger partial charge in [0.1, 0.15) is 42.2 Å². The Labute approximate surface area is 472 Å². The van der Waals surface area contributed by atoms with Crippen LogP contribution in [0.3, 0.4) is 0 Å². The molecule has 1 spiro atoms. The molecule has 2 bridgehead atoms. The third-order valence-electron chi connectivity index (χ3n) is 19.4. The average Bonchev–Trinajstić information content (AvgIpc) is 4.31. The normalized spacial score (nSPS) is 41.9. The van der Waals surface area contributed by atoms with Gasteiger partial charge in [-0.2, -0.15) is 0 Å². The minimum Gasteiger partial charge on any atom is -0.481 e. The number of carboxylic acids is 1. The molecule has 0 aliphatic carbocycles. The summed E-state index contributed by atoms with van der Waals surface area (Å²) >= 11 is 0. The second-order valence-corrected chi connectivity index (χ2v) is 26.6. The van der Waals surface area contributed by atoms with Gasteiger partial charge in [0.05, 0.1) is 48.1 Å². The van der Waals surface area contributed by atoms with Crippen LogP contribution in [0.25, 0.3) is 0 Å². The maximum absolute atomic E-state index is 14.0. The van der Waals surface area contributed by atoms with E-state index in [-0.39, 0.29) is 43.0 Å². The Morgan fingerprint density at radius 2 is 1.48 bits per heavy atom. The smallest absolute Gasteiger partial charge is 0.308 e. The lowest BCUT2D eigenvalue weighted by Crippen LogP contribution is -2.62. The van der Waals surface area contributed by atoms with E-state index in [2.05, 4.69) is 33.8 Å². The van der Waals surface area contributed by atoms with Crippen LogP contribution in [0.15, 0.2) is 23.8 Å². The number of fused-ring (bicyclic) bond motifs is 2. The van der Waals surface area contributed by atoms with E-state index in [9.17, 15) is 34.8 Å². The van der Waals surface area contributed by atoms with Crippen molar-refractivity contribution in [2.24, 2.45) is 17.8 Å². The van der Waals surface area contributed by atoms with Crippen LogP contribution < -0.4 is 0 Å². The third-order valence-corrected chi connectivity index (χ3v) is 19.4. The number of rotatable bonds is 27. The molecule has 8 fully saturated rings. The lowest BCUT2D eigenvalue weighted by molar-refractivity contribution is -0.359. The Morgan fingerprint density at radius 1 is 0.797 bits per heavy atom. The second kappa shape index (κ2) is 26.7. The molecule has 450 valence electrons. The highest BCUT2D eigenvalue weighted by Crippen LogP contribution is 2.55. The third kappa shape index (κ3) is 15.0. The van der Waals surface area contributed by atoms with Crippen molar-refractivity contribution in [2.75, 3.05) is 6.61 Å². The van der Waals surface area contributed by atoms with Gasteiger partial charge in [0.2, 0.25) is 0 Å². The summed E-state index contributed by atoms with van der Waals surface area (Å²) in [5, 5.41) is 44.4. The molecule has 16 heteroatoms. The summed E-state index contributed by atoms with van der Waals surface area (Å²) in [5.41, 5.74) is -1.28. The molecule has 0 saturated carbocycles. The van der Waals surface area contributed by atoms with Gasteiger partial charge >= 0.3 is 11.9 Å². The second-order valence-electron chi connectivity index (χ2n) is 26.6. The van der Waals surface area contributed by atoms with Crippen LogP contribution in [0.5, 0.6) is 0 Å². The van der Waals surface area contributed by atoms with E-state index in [1.54, 1.807) is 13.8 Å². The molecule has 8 aliphatic heterocycles. The van der Waals surface area contributed by atoms with Crippen molar-refractivity contribution >= 4 is 17.7 Å². The first-order chi connectivity index (χ1) is 37.5. The molecule has 8 aliphatic rings. The van der Waals surface area contributed by atoms with Crippen LogP contribution >= 0.6 is 0 Å². The first-order valence-electron chi connectivity index (χ1n) is 31.3. The van der Waals surface area contributed by atoms with Crippen LogP contribution in [0.4, 0.5) is 0 Å². The molecule has 16 nitrogen and oxygen atoms in total. The molecule has 8 saturated heterocycles. The Morgan fingerprint density at radius 3 is 2.18 bits per heavy atom. The summed E-state index contributed by atoms with van der Waals surface area (Å²) in [6.45, 7) is 16.3. The van der Waals surface area contributed by atoms with Crippen molar-refractivity contribution < 1.29 is 77.4 Å². The Balaban J connectivity index is 0.803. The topological polar surface area (TPSA) is 215 Å². The molecule has 79 heavy (non-hydrogen) atoms. The number of hydrogen-bond acceptors (Lipinski definition) is 15. The summed E-state index contributed by atoms with van der Waals surface area (Å²) in [7, 11) is 0. The van der Waals surface area contributed by atoms with E-state index in [4.69, 9.17) is 42.6 Å². The van der Waals surface area contributed by atoms with Crippen LogP contribution in [-0.2, 0) is 57.0 Å². The number of aliphatic carboxylic acids is 1. The van der Waals surface area contributed by atoms with Crippen molar-refractivity contribution in [3.05, 3.63) is 23.8 Å². The molecular formula is C63H102O16. The highest BCUT2D eigenvalue weighted by molar-refractivity contribution is 5.86. The number of Topliss-reactive ketones (excluding diaryl/α,β-unsaturated/α-hetero) is 1. The van der Waals surface area contributed by atoms with Gasteiger partial charge in [-0.05, 0) is 104 Å². The number of aliphatic hydroxyl groups is 3. The maximum Gasteiger partial charge on any atom is 0.308 e. The van der Waals surface area contributed by atoms with Crippen LogP contribution in [-0.4, -0.2) is 140 Å². The zero-order valence-electron chi connectivity index (χ0n) is 49.4. The number of ketones is 1. The van der Waals surface area contributed by atoms with E-state index in [1.165, 1.54) is 64.2 Å². The Hall–Kier alpha value is -2.35. The van der Waals surface area contributed by atoms with E-state index in [1.807, 2.05) is 26.0 Å². The van der Waals surface area contributed by atoms with Crippen molar-refractivity contribution in [1.82, 2.24) is 0 Å². The SMILES string of the molecule is CCCCCCCCCCCCCCCC(=O)OC1(C2CC(O)C(C=CC(C)=CC(C)CC3(C)CCC(C45CCC(C)(CC(C6OC(C)(C(O)C7CCC8(CCCC(C(C)C(=O)O)O8)O7)CC6=O)O4)O5)O3)O2)OCCC(C)C1O. The summed E-state index contributed by atoms with van der Waals surface area (Å²) < 4.78 is 58.8. The van der Waals surface area contributed by atoms with Crippen molar-refractivity contribution in [1.29, 1.82) is 0 Å². The molecule has 0 amide bonds. The molecular weight excluding hydrogens is 1010 g/mol. The van der Waals surface area contributed by atoms with Gasteiger partial charge in [-0.25, -0.2) is 0 Å². The minimum atomic E-state index is -1.70. The number of unbranched alkanes of at least 4 members (excludes halogenated alkanes) is 12. The number of ether oxygens (including phenoxy) is 9. The largest absolute Gasteiger partial charge is 0.481 e. The van der Waals surface area contributed by atoms with Gasteiger partial charge in [-0.3, -0.25) is 14.4 Å². The number of esters is 1. The van der Waals surface area contributed by atoms with Gasteiger partial charge in [-0.1, -0.05) is 122 Å². The van der Waals surface area contributed by atoms with E-state index in [0.29, 0.717) is 64.4 Å². The molecule has 8 rings (SSSR count). The van der Waals surface area contributed by atoms with Crippen LogP contribution in [0.1, 0.15) is 235 Å². The molecule has 0 radical (unpaired) electrons. The molecule has 19 unspecified atom stereocenters. The predicted molar refractivity (Wildman–Crippen MR) is 296 cm³/mol. The number of carbonyl (C=O) groups is 3. The Kier molecular flexibility index (Phi) is 21.2. The number of allylic oxidation sites excluding steroid dienone is 3. The van der Waals surface area contributed by atoms with Crippen LogP contribution in [0.2, 0.25) is 0 Å². The highest BCUT2D eigenvalue weighted by Gasteiger charge is 2.65. The van der Waals surface area contributed by atoms with Gasteiger partial charge in [0.15, 0.2) is 17.4 Å². The maximum atomic E-state index is 14.0. The standard InChI is InChI=1S/C63H102O16/c1-9-10-11-12-13-14-15-16-17-18-19-20-21-24-53(66)77-63(55(67)43(4)29-35-71-63)52-37-45(64)48(72-52)26-25-41(2)36-42(3)38-58(6)31-28-51(76-58)62-34-33-59(7,79-62)40-50(75-62)54-46(65)39-60(8,78-54)56(68)49-27-32-61(74-49)30-22-23-47(73-61)44(5)57(69)70/h25-26,36,42-45,47-52,54-56,64,67-68H,9-24,27-35,37-40H2,1-8H3,(H,69,70). The fraction of sp³-hybridized carbons (Fsp3) is 0.889. The van der Waals surface area contributed by atoms with Gasteiger partial charge in [0.25, 0.3) is 5.79 Å². The zero-order valence-corrected chi connectivity index (χ0v) is 49.4. The van der Waals surface area contributed by atoms with E-state index >= 15 is 0 Å². The van der Waals surface area contributed by atoms with E-state index < -0.39 is 107 Å². The first-order valence-corrected chi connectivity index (χ1v) is 31.3. The lowest BCUT2D eigenvalue weighted by Gasteiger charge is -2.47. The average molecular weight is 1120 g/mol. The zero-order chi connectivity index (χ0) is 56.8. The lowest BCUT2D eigenvalue weighted by atomic mass is 9.86. The number of hydrogen-bond donors (Lipinski definition) is 4. The fourth-order valence-corrected chi connectivity index (χ4v) is 14.8. The summed E-state index contributed by atoms with van der Waals surface area (Å²) in [6, 6.07) is 0. The highest BCUT2D eigenvalue weighted by atomic mass is 16.8. The number of carbonyl (C=O) groups excluding carboxylic acids is 2. The van der Waals surface area contributed by atoms with Gasteiger partial charge in [0, 0.05) is 44.9 Å². The Bertz CT molecular complexity index is 2100. The minimum absolute atomic E-state index is 0.00167. The molecule has 4 N–H and O–H groups in total. The fourth-order valence-electron chi connectivity index (χ4n) is 14.8. The predicted octanol–water partition coefficient (Wildman–Crippen LogP) is 10.8. The van der Waals surface area contributed by atoms with Gasteiger partial charge in [-0.15, -0.1) is 0 Å². The number of aliphatic hydroxyl groups excluding tert-OH is 3. The molecule has 0 aromatic heterocycles.